The molecular formula is C16H13N5O4. The summed E-state index contributed by atoms with van der Waals surface area (Å²) in [5.41, 5.74) is 1.07. The predicted molar refractivity (Wildman–Crippen MR) is 90.5 cm³/mol. The Balaban J connectivity index is 1.75. The lowest BCUT2D eigenvalue weighted by atomic mass is 10.0. The Morgan fingerprint density at radius 2 is 2.04 bits per heavy atom. The summed E-state index contributed by atoms with van der Waals surface area (Å²) in [5, 5.41) is 21.0. The lowest BCUT2D eigenvalue weighted by molar-refractivity contribution is -0.120. The fraction of sp³-hybridized carbons (Fsp3) is 0.0625. The molecule has 3 rings (SSSR count). The standard InChI is InChI=1S/C16H13N5O4/c22-13-6-5-9-3-1-2-4-10(9)11(13)8-17-20-14(23)7-12-15(24)18-16(25)21-19-12/h1-6,8,22H,7H2,(H,20,23)(H2,18,21,24,25)/b17-8+. The number of aromatic amines is 2. The number of nitrogens with one attached hydrogen (secondary N) is 3. The van der Waals surface area contributed by atoms with E-state index < -0.39 is 17.2 Å². The van der Waals surface area contributed by atoms with Crippen molar-refractivity contribution in [3.05, 3.63) is 68.5 Å². The molecule has 0 saturated heterocycles. The van der Waals surface area contributed by atoms with E-state index in [1.54, 1.807) is 6.07 Å². The van der Waals surface area contributed by atoms with Crippen LogP contribution in [0.25, 0.3) is 10.8 Å². The number of rotatable bonds is 4. The summed E-state index contributed by atoms with van der Waals surface area (Å²) in [6.07, 6.45) is 0.963. The summed E-state index contributed by atoms with van der Waals surface area (Å²) in [6, 6.07) is 10.7. The molecule has 25 heavy (non-hydrogen) atoms. The highest BCUT2D eigenvalue weighted by Gasteiger charge is 2.09. The van der Waals surface area contributed by atoms with E-state index in [-0.39, 0.29) is 17.9 Å². The molecule has 4 N–H and O–H groups in total. The van der Waals surface area contributed by atoms with Crippen molar-refractivity contribution in [2.75, 3.05) is 0 Å². The Morgan fingerprint density at radius 1 is 1.24 bits per heavy atom. The zero-order chi connectivity index (χ0) is 17.8. The SMILES string of the molecule is O=C(Cc1n[nH]c(=O)[nH]c1=O)N/N=C/c1c(O)ccc2ccccc12. The molecule has 0 unspecified atom stereocenters. The van der Waals surface area contributed by atoms with Gasteiger partial charge in [0.2, 0.25) is 5.91 Å². The van der Waals surface area contributed by atoms with Crippen molar-refractivity contribution >= 4 is 22.9 Å². The largest absolute Gasteiger partial charge is 0.507 e. The number of H-pyrrole nitrogens is 2. The molecule has 126 valence electrons. The molecule has 3 aromatic rings. The van der Waals surface area contributed by atoms with Gasteiger partial charge in [-0.15, -0.1) is 0 Å². The van der Waals surface area contributed by atoms with Crippen LogP contribution in [0.2, 0.25) is 0 Å². The lowest BCUT2D eigenvalue weighted by Crippen LogP contribution is -2.31. The number of phenols is 1. The number of carbonyl (C=O) groups is 1. The van der Waals surface area contributed by atoms with E-state index in [0.29, 0.717) is 5.56 Å². The molecule has 0 atom stereocenters. The van der Waals surface area contributed by atoms with Crippen molar-refractivity contribution in [3.8, 4) is 5.75 Å². The summed E-state index contributed by atoms with van der Waals surface area (Å²) in [7, 11) is 0. The molecule has 1 amide bonds. The fourth-order valence-corrected chi connectivity index (χ4v) is 2.27. The van der Waals surface area contributed by atoms with Crippen molar-refractivity contribution in [2.45, 2.75) is 6.42 Å². The van der Waals surface area contributed by atoms with E-state index in [0.717, 1.165) is 10.8 Å². The molecule has 0 aliphatic heterocycles. The van der Waals surface area contributed by atoms with Crippen molar-refractivity contribution in [1.82, 2.24) is 20.6 Å². The second-order valence-corrected chi connectivity index (χ2v) is 5.14. The van der Waals surface area contributed by atoms with E-state index >= 15 is 0 Å². The van der Waals surface area contributed by atoms with Gasteiger partial charge in [0.1, 0.15) is 11.4 Å². The zero-order valence-electron chi connectivity index (χ0n) is 12.8. The number of fused-ring (bicyclic) bond motifs is 1. The van der Waals surface area contributed by atoms with Gasteiger partial charge in [0.05, 0.1) is 12.6 Å². The number of aromatic hydroxyl groups is 1. The second-order valence-electron chi connectivity index (χ2n) is 5.14. The third kappa shape index (κ3) is 3.61. The molecule has 0 fully saturated rings. The Hall–Kier alpha value is -3.75. The van der Waals surface area contributed by atoms with Gasteiger partial charge in [0, 0.05) is 5.56 Å². The minimum absolute atomic E-state index is 0.0236. The van der Waals surface area contributed by atoms with E-state index in [2.05, 4.69) is 15.6 Å². The van der Waals surface area contributed by atoms with Crippen LogP contribution in [-0.4, -0.2) is 32.4 Å². The van der Waals surface area contributed by atoms with Gasteiger partial charge in [-0.25, -0.2) is 15.3 Å². The van der Waals surface area contributed by atoms with Gasteiger partial charge in [-0.3, -0.25) is 14.6 Å². The van der Waals surface area contributed by atoms with Crippen LogP contribution in [0.15, 0.2) is 51.1 Å². The molecule has 0 saturated carbocycles. The lowest BCUT2D eigenvalue weighted by Gasteiger charge is -2.04. The summed E-state index contributed by atoms with van der Waals surface area (Å²) in [5.74, 6) is -0.573. The maximum absolute atomic E-state index is 11.8. The summed E-state index contributed by atoms with van der Waals surface area (Å²) < 4.78 is 0. The van der Waals surface area contributed by atoms with Crippen LogP contribution in [-0.2, 0) is 11.2 Å². The minimum atomic E-state index is -0.751. The molecule has 0 aliphatic carbocycles. The molecule has 1 aromatic heterocycles. The highest BCUT2D eigenvalue weighted by atomic mass is 16.3. The number of hydrogen-bond donors (Lipinski definition) is 4. The van der Waals surface area contributed by atoms with Crippen LogP contribution >= 0.6 is 0 Å². The first-order chi connectivity index (χ1) is 12.0. The van der Waals surface area contributed by atoms with Gasteiger partial charge in [-0.05, 0) is 16.8 Å². The number of phenolic OH excluding ortho intramolecular Hbond substituents is 1. The van der Waals surface area contributed by atoms with Gasteiger partial charge in [0.25, 0.3) is 5.56 Å². The molecule has 1 heterocycles. The number of aromatic nitrogens is 3. The van der Waals surface area contributed by atoms with Gasteiger partial charge >= 0.3 is 5.69 Å². The number of hydrazone groups is 1. The number of nitrogens with zero attached hydrogens (tertiary/aromatic N) is 2. The maximum atomic E-state index is 11.8. The van der Waals surface area contributed by atoms with Crippen LogP contribution in [0.5, 0.6) is 5.75 Å². The van der Waals surface area contributed by atoms with E-state index in [9.17, 15) is 19.5 Å². The van der Waals surface area contributed by atoms with Crippen LogP contribution < -0.4 is 16.7 Å². The van der Waals surface area contributed by atoms with E-state index in [4.69, 9.17) is 0 Å². The van der Waals surface area contributed by atoms with Crippen molar-refractivity contribution in [1.29, 1.82) is 0 Å². The molecule has 0 bridgehead atoms. The smallest absolute Gasteiger partial charge is 0.342 e. The monoisotopic (exact) mass is 339 g/mol. The Labute approximate surface area is 140 Å². The molecule has 9 heteroatoms. The third-order valence-electron chi connectivity index (χ3n) is 3.44. The van der Waals surface area contributed by atoms with Crippen LogP contribution in [0.1, 0.15) is 11.3 Å². The molecule has 9 nitrogen and oxygen atoms in total. The molecule has 0 aliphatic rings. The average molecular weight is 339 g/mol. The summed E-state index contributed by atoms with van der Waals surface area (Å²) >= 11 is 0. The van der Waals surface area contributed by atoms with E-state index in [1.165, 1.54) is 12.3 Å². The first-order valence-corrected chi connectivity index (χ1v) is 7.25. The highest BCUT2D eigenvalue weighted by Crippen LogP contribution is 2.25. The Morgan fingerprint density at radius 3 is 2.84 bits per heavy atom. The van der Waals surface area contributed by atoms with Crippen molar-refractivity contribution < 1.29 is 9.90 Å². The van der Waals surface area contributed by atoms with Crippen LogP contribution in [0.4, 0.5) is 0 Å². The molecule has 0 radical (unpaired) electrons. The fourth-order valence-electron chi connectivity index (χ4n) is 2.27. The first kappa shape index (κ1) is 16.1. The second kappa shape index (κ2) is 6.79. The minimum Gasteiger partial charge on any atom is -0.507 e. The maximum Gasteiger partial charge on any atom is 0.342 e. The van der Waals surface area contributed by atoms with Gasteiger partial charge in [-0.2, -0.15) is 10.2 Å². The summed E-state index contributed by atoms with van der Waals surface area (Å²) in [4.78, 5) is 36.1. The Kier molecular flexibility index (Phi) is 4.38. The number of carbonyl (C=O) groups excluding carboxylic acids is 1. The normalized spacial score (nSPS) is 11.0. The quantitative estimate of drug-likeness (QED) is 0.391. The van der Waals surface area contributed by atoms with Crippen molar-refractivity contribution in [2.24, 2.45) is 5.10 Å². The summed E-state index contributed by atoms with van der Waals surface area (Å²) in [6.45, 7) is 0. The topological polar surface area (TPSA) is 140 Å². The van der Waals surface area contributed by atoms with Gasteiger partial charge < -0.3 is 5.11 Å². The molecular weight excluding hydrogens is 326 g/mol. The number of amides is 1. The zero-order valence-corrected chi connectivity index (χ0v) is 12.8. The molecule has 0 spiro atoms. The average Bonchev–Trinajstić information content (AvgIpc) is 2.59. The number of hydrogen-bond acceptors (Lipinski definition) is 6. The first-order valence-electron chi connectivity index (χ1n) is 7.25. The van der Waals surface area contributed by atoms with Crippen molar-refractivity contribution in [3.63, 3.8) is 0 Å². The van der Waals surface area contributed by atoms with E-state index in [1.807, 2.05) is 34.3 Å². The third-order valence-corrected chi connectivity index (χ3v) is 3.44. The molecule has 2 aromatic carbocycles. The highest BCUT2D eigenvalue weighted by molar-refractivity contribution is 6.02. The van der Waals surface area contributed by atoms with Gasteiger partial charge in [0.15, 0.2) is 0 Å². The van der Waals surface area contributed by atoms with Crippen LogP contribution in [0.3, 0.4) is 0 Å². The van der Waals surface area contributed by atoms with Crippen LogP contribution in [0, 0.1) is 0 Å². The van der Waals surface area contributed by atoms with Gasteiger partial charge in [-0.1, -0.05) is 30.3 Å². The predicted octanol–water partition coefficient (Wildman–Crippen LogP) is 0.00980. The Bertz CT molecular complexity index is 1080. The number of benzene rings is 2.